The minimum atomic E-state index is -0.301. The van der Waals surface area contributed by atoms with Crippen molar-refractivity contribution in [3.05, 3.63) is 41.5 Å². The molecule has 1 aromatic heterocycles. The van der Waals surface area contributed by atoms with Crippen molar-refractivity contribution in [2.75, 3.05) is 0 Å². The SMILES string of the molecule is Cc1ccc(C(=O)NCc2ncon2)cc1O. The van der Waals surface area contributed by atoms with Crippen molar-refractivity contribution >= 4 is 5.91 Å². The van der Waals surface area contributed by atoms with E-state index in [1.807, 2.05) is 0 Å². The van der Waals surface area contributed by atoms with Gasteiger partial charge in [-0.15, -0.1) is 0 Å². The first-order valence-corrected chi connectivity index (χ1v) is 5.00. The monoisotopic (exact) mass is 233 g/mol. The maximum atomic E-state index is 11.7. The molecule has 0 atom stereocenters. The first kappa shape index (κ1) is 11.1. The van der Waals surface area contributed by atoms with E-state index in [0.717, 1.165) is 5.56 Å². The summed E-state index contributed by atoms with van der Waals surface area (Å²) in [6.07, 6.45) is 1.19. The number of nitrogens with one attached hydrogen (secondary N) is 1. The minimum absolute atomic E-state index is 0.0946. The second kappa shape index (κ2) is 4.65. The van der Waals surface area contributed by atoms with Crippen LogP contribution in [-0.4, -0.2) is 21.2 Å². The van der Waals surface area contributed by atoms with Gasteiger partial charge in [0.2, 0.25) is 6.39 Å². The van der Waals surface area contributed by atoms with E-state index in [1.54, 1.807) is 19.1 Å². The molecule has 2 rings (SSSR count). The zero-order valence-electron chi connectivity index (χ0n) is 9.17. The summed E-state index contributed by atoms with van der Waals surface area (Å²) in [5, 5.41) is 15.7. The van der Waals surface area contributed by atoms with Crippen LogP contribution >= 0.6 is 0 Å². The van der Waals surface area contributed by atoms with E-state index in [2.05, 4.69) is 20.0 Å². The Morgan fingerprint density at radius 3 is 3.00 bits per heavy atom. The highest BCUT2D eigenvalue weighted by Crippen LogP contribution is 2.17. The summed E-state index contributed by atoms with van der Waals surface area (Å²) in [6, 6.07) is 4.74. The highest BCUT2D eigenvalue weighted by atomic mass is 16.5. The van der Waals surface area contributed by atoms with Crippen LogP contribution in [0.3, 0.4) is 0 Å². The van der Waals surface area contributed by atoms with Gasteiger partial charge in [-0.25, -0.2) is 0 Å². The number of aryl methyl sites for hydroxylation is 1. The molecular weight excluding hydrogens is 222 g/mol. The molecule has 1 heterocycles. The lowest BCUT2D eigenvalue weighted by Gasteiger charge is -2.04. The van der Waals surface area contributed by atoms with Gasteiger partial charge in [0.1, 0.15) is 5.75 Å². The van der Waals surface area contributed by atoms with Crippen LogP contribution in [0.1, 0.15) is 21.7 Å². The van der Waals surface area contributed by atoms with Crippen molar-refractivity contribution in [3.63, 3.8) is 0 Å². The third-order valence-corrected chi connectivity index (χ3v) is 2.29. The number of phenols is 1. The van der Waals surface area contributed by atoms with E-state index >= 15 is 0 Å². The van der Waals surface area contributed by atoms with Crippen LogP contribution in [0.25, 0.3) is 0 Å². The molecular formula is C11H11N3O3. The fourth-order valence-electron chi connectivity index (χ4n) is 1.28. The zero-order chi connectivity index (χ0) is 12.3. The zero-order valence-corrected chi connectivity index (χ0v) is 9.17. The van der Waals surface area contributed by atoms with Crippen molar-refractivity contribution in [2.24, 2.45) is 0 Å². The van der Waals surface area contributed by atoms with E-state index in [-0.39, 0.29) is 18.2 Å². The van der Waals surface area contributed by atoms with Crippen molar-refractivity contribution in [1.29, 1.82) is 0 Å². The fourth-order valence-corrected chi connectivity index (χ4v) is 1.28. The number of carbonyl (C=O) groups excluding carboxylic acids is 1. The largest absolute Gasteiger partial charge is 0.508 e. The Morgan fingerprint density at radius 2 is 2.35 bits per heavy atom. The number of rotatable bonds is 3. The van der Waals surface area contributed by atoms with Crippen molar-refractivity contribution < 1.29 is 14.4 Å². The predicted octanol–water partition coefficient (Wildman–Crippen LogP) is 1.01. The lowest BCUT2D eigenvalue weighted by molar-refractivity contribution is 0.0949. The molecule has 1 amide bonds. The number of nitrogens with zero attached hydrogens (tertiary/aromatic N) is 2. The van der Waals surface area contributed by atoms with Gasteiger partial charge in [-0.3, -0.25) is 4.79 Å². The molecule has 0 saturated heterocycles. The van der Waals surface area contributed by atoms with Crippen molar-refractivity contribution in [1.82, 2.24) is 15.5 Å². The standard InChI is InChI=1S/C11H11N3O3/c1-7-2-3-8(4-9(7)15)11(16)12-5-10-13-6-17-14-10/h2-4,6,15H,5H2,1H3,(H,12,16). The van der Waals surface area contributed by atoms with E-state index in [9.17, 15) is 9.90 Å². The number of benzene rings is 1. The highest BCUT2D eigenvalue weighted by molar-refractivity contribution is 5.94. The van der Waals surface area contributed by atoms with Crippen LogP contribution in [0.2, 0.25) is 0 Å². The minimum Gasteiger partial charge on any atom is -0.508 e. The predicted molar refractivity (Wildman–Crippen MR) is 58.3 cm³/mol. The van der Waals surface area contributed by atoms with E-state index in [1.165, 1.54) is 12.5 Å². The van der Waals surface area contributed by atoms with E-state index in [4.69, 9.17) is 0 Å². The molecule has 0 radical (unpaired) electrons. The number of carbonyl (C=O) groups is 1. The molecule has 0 aliphatic heterocycles. The first-order chi connectivity index (χ1) is 8.16. The first-order valence-electron chi connectivity index (χ1n) is 5.00. The lowest BCUT2D eigenvalue weighted by atomic mass is 10.1. The third-order valence-electron chi connectivity index (χ3n) is 2.29. The molecule has 6 heteroatoms. The molecule has 2 aromatic rings. The summed E-state index contributed by atoms with van der Waals surface area (Å²) >= 11 is 0. The number of hydrogen-bond donors (Lipinski definition) is 2. The molecule has 2 N–H and O–H groups in total. The molecule has 0 aliphatic carbocycles. The molecule has 0 bridgehead atoms. The summed E-state index contributed by atoms with van der Waals surface area (Å²) in [6.45, 7) is 1.94. The topological polar surface area (TPSA) is 88.3 Å². The molecule has 0 saturated carbocycles. The van der Waals surface area contributed by atoms with E-state index < -0.39 is 0 Å². The molecule has 88 valence electrons. The van der Waals surface area contributed by atoms with Gasteiger partial charge in [0.25, 0.3) is 5.91 Å². The molecule has 0 aliphatic rings. The number of hydrogen-bond acceptors (Lipinski definition) is 5. The Hall–Kier alpha value is -2.37. The van der Waals surface area contributed by atoms with Gasteiger partial charge in [0.15, 0.2) is 5.82 Å². The normalized spacial score (nSPS) is 10.2. The Morgan fingerprint density at radius 1 is 1.53 bits per heavy atom. The van der Waals surface area contributed by atoms with Crippen LogP contribution in [0, 0.1) is 6.92 Å². The maximum absolute atomic E-state index is 11.7. The van der Waals surface area contributed by atoms with E-state index in [0.29, 0.717) is 11.4 Å². The molecule has 1 aromatic carbocycles. The number of aromatic hydroxyl groups is 1. The summed E-state index contributed by atoms with van der Waals surface area (Å²) in [5.74, 6) is 0.192. The number of amides is 1. The summed E-state index contributed by atoms with van der Waals surface area (Å²) in [7, 11) is 0. The number of phenolic OH excluding ortho intramolecular Hbond substituents is 1. The maximum Gasteiger partial charge on any atom is 0.251 e. The lowest BCUT2D eigenvalue weighted by Crippen LogP contribution is -2.23. The van der Waals surface area contributed by atoms with Gasteiger partial charge >= 0.3 is 0 Å². The molecule has 0 spiro atoms. The van der Waals surface area contributed by atoms with Gasteiger partial charge in [0, 0.05) is 5.56 Å². The Labute approximate surface area is 97.3 Å². The Balaban J connectivity index is 2.02. The molecule has 6 nitrogen and oxygen atoms in total. The quantitative estimate of drug-likeness (QED) is 0.826. The van der Waals surface area contributed by atoms with Gasteiger partial charge in [-0.1, -0.05) is 11.2 Å². The van der Waals surface area contributed by atoms with Crippen molar-refractivity contribution in [2.45, 2.75) is 13.5 Å². The fraction of sp³-hybridized carbons (Fsp3) is 0.182. The summed E-state index contributed by atoms with van der Waals surface area (Å²) < 4.78 is 4.53. The van der Waals surface area contributed by atoms with Crippen molar-refractivity contribution in [3.8, 4) is 5.75 Å². The second-order valence-corrected chi connectivity index (χ2v) is 3.53. The Bertz CT molecular complexity index is 523. The third kappa shape index (κ3) is 2.60. The van der Waals surface area contributed by atoms with Gasteiger partial charge in [-0.05, 0) is 24.6 Å². The molecule has 17 heavy (non-hydrogen) atoms. The van der Waals surface area contributed by atoms with Crippen LogP contribution < -0.4 is 5.32 Å². The average Bonchev–Trinajstić information content (AvgIpc) is 2.82. The van der Waals surface area contributed by atoms with Gasteiger partial charge < -0.3 is 14.9 Å². The second-order valence-electron chi connectivity index (χ2n) is 3.53. The van der Waals surface area contributed by atoms with Crippen LogP contribution in [-0.2, 0) is 6.54 Å². The van der Waals surface area contributed by atoms with Crippen LogP contribution in [0.4, 0.5) is 0 Å². The van der Waals surface area contributed by atoms with Gasteiger partial charge in [0.05, 0.1) is 6.54 Å². The van der Waals surface area contributed by atoms with Crippen LogP contribution in [0.5, 0.6) is 5.75 Å². The smallest absolute Gasteiger partial charge is 0.251 e. The highest BCUT2D eigenvalue weighted by Gasteiger charge is 2.08. The summed E-state index contributed by atoms with van der Waals surface area (Å²) in [5.41, 5.74) is 1.11. The Kier molecular flexibility index (Phi) is 3.04. The van der Waals surface area contributed by atoms with Gasteiger partial charge in [-0.2, -0.15) is 4.98 Å². The number of aromatic nitrogens is 2. The average molecular weight is 233 g/mol. The molecule has 0 fully saturated rings. The van der Waals surface area contributed by atoms with Crippen LogP contribution in [0.15, 0.2) is 29.1 Å². The summed E-state index contributed by atoms with van der Waals surface area (Å²) in [4.78, 5) is 15.5. The molecule has 0 unspecified atom stereocenters.